The van der Waals surface area contributed by atoms with Crippen molar-refractivity contribution in [3.05, 3.63) is 35.4 Å². The van der Waals surface area contributed by atoms with Gasteiger partial charge in [-0.2, -0.15) is 0 Å². The average Bonchev–Trinajstić information content (AvgIpc) is 3.03. The third-order valence-electron chi connectivity index (χ3n) is 3.98. The molecule has 1 heterocycles. The molecule has 0 atom stereocenters. The topological polar surface area (TPSA) is 123 Å². The van der Waals surface area contributed by atoms with Crippen molar-refractivity contribution in [2.75, 3.05) is 36.8 Å². The fourth-order valence-corrected chi connectivity index (χ4v) is 2.79. The van der Waals surface area contributed by atoms with E-state index in [9.17, 15) is 10.2 Å². The molecule has 7 heteroatoms. The summed E-state index contributed by atoms with van der Waals surface area (Å²) in [5, 5.41) is 21.8. The summed E-state index contributed by atoms with van der Waals surface area (Å²) < 4.78 is 10.7. The standard InChI is InChI=1S/C17H21N3O4/c18-13-7-10(3-5-21)16(19)17(12(13)4-6-22)20-11-1-2-14-15(8-11)24-9-23-14/h1-2,7-8,20-22H,3-6,9,18-19H2. The summed E-state index contributed by atoms with van der Waals surface area (Å²) in [6.07, 6.45) is 0.785. The molecule has 3 rings (SSSR count). The molecule has 1 aliphatic rings. The molecular formula is C17H21N3O4. The zero-order valence-electron chi connectivity index (χ0n) is 13.2. The van der Waals surface area contributed by atoms with Gasteiger partial charge < -0.3 is 36.5 Å². The second kappa shape index (κ2) is 6.86. The van der Waals surface area contributed by atoms with Crippen molar-refractivity contribution in [3.8, 4) is 11.5 Å². The second-order valence-electron chi connectivity index (χ2n) is 5.53. The Morgan fingerprint density at radius 1 is 1.00 bits per heavy atom. The summed E-state index contributed by atoms with van der Waals surface area (Å²) in [5.74, 6) is 1.35. The van der Waals surface area contributed by atoms with E-state index in [0.29, 0.717) is 41.4 Å². The van der Waals surface area contributed by atoms with Crippen LogP contribution in [0.3, 0.4) is 0 Å². The zero-order valence-corrected chi connectivity index (χ0v) is 13.2. The number of nitrogens with one attached hydrogen (secondary N) is 1. The number of hydrogen-bond donors (Lipinski definition) is 5. The minimum Gasteiger partial charge on any atom is -0.454 e. The molecule has 2 aromatic carbocycles. The molecule has 0 amide bonds. The van der Waals surface area contributed by atoms with Gasteiger partial charge in [-0.15, -0.1) is 0 Å². The van der Waals surface area contributed by atoms with E-state index < -0.39 is 0 Å². The van der Waals surface area contributed by atoms with Gasteiger partial charge in [-0.25, -0.2) is 0 Å². The van der Waals surface area contributed by atoms with Crippen LogP contribution in [0, 0.1) is 0 Å². The molecule has 24 heavy (non-hydrogen) atoms. The Hall–Kier alpha value is -2.64. The molecule has 0 fully saturated rings. The highest BCUT2D eigenvalue weighted by Gasteiger charge is 2.17. The lowest BCUT2D eigenvalue weighted by atomic mass is 9.99. The first-order chi connectivity index (χ1) is 11.6. The lowest BCUT2D eigenvalue weighted by molar-refractivity contribution is 0.174. The van der Waals surface area contributed by atoms with Crippen molar-refractivity contribution in [1.82, 2.24) is 0 Å². The molecule has 7 N–H and O–H groups in total. The predicted octanol–water partition coefficient (Wildman–Crippen LogP) is 1.39. The summed E-state index contributed by atoms with van der Waals surface area (Å²) in [6.45, 7) is 0.140. The Morgan fingerprint density at radius 2 is 1.75 bits per heavy atom. The monoisotopic (exact) mass is 331 g/mol. The maximum absolute atomic E-state index is 9.32. The number of nitrogen functional groups attached to an aromatic ring is 2. The van der Waals surface area contributed by atoms with Gasteiger partial charge >= 0.3 is 0 Å². The minimum atomic E-state index is -0.0429. The van der Waals surface area contributed by atoms with E-state index in [4.69, 9.17) is 20.9 Å². The van der Waals surface area contributed by atoms with Crippen molar-refractivity contribution >= 4 is 22.7 Å². The van der Waals surface area contributed by atoms with Crippen LogP contribution in [0.4, 0.5) is 22.7 Å². The molecular weight excluding hydrogens is 310 g/mol. The van der Waals surface area contributed by atoms with E-state index in [2.05, 4.69) is 5.32 Å². The van der Waals surface area contributed by atoms with Gasteiger partial charge in [0.05, 0.1) is 11.4 Å². The highest BCUT2D eigenvalue weighted by molar-refractivity contribution is 5.84. The lowest BCUT2D eigenvalue weighted by Gasteiger charge is -2.19. The second-order valence-corrected chi connectivity index (χ2v) is 5.53. The van der Waals surface area contributed by atoms with Crippen LogP contribution in [0.5, 0.6) is 11.5 Å². The van der Waals surface area contributed by atoms with Crippen LogP contribution < -0.4 is 26.3 Å². The zero-order chi connectivity index (χ0) is 17.1. The van der Waals surface area contributed by atoms with E-state index in [-0.39, 0.29) is 20.0 Å². The van der Waals surface area contributed by atoms with Crippen LogP contribution in [0.15, 0.2) is 24.3 Å². The molecule has 0 spiro atoms. The Bertz CT molecular complexity index is 749. The van der Waals surface area contributed by atoms with Gasteiger partial charge in [0, 0.05) is 36.2 Å². The summed E-state index contributed by atoms with van der Waals surface area (Å²) >= 11 is 0. The van der Waals surface area contributed by atoms with Crippen LogP contribution in [-0.2, 0) is 12.8 Å². The van der Waals surface area contributed by atoms with Crippen molar-refractivity contribution in [1.29, 1.82) is 0 Å². The smallest absolute Gasteiger partial charge is 0.231 e. The SMILES string of the molecule is Nc1cc(CCO)c(N)c(Nc2ccc3c(c2)OCO3)c1CCO. The molecule has 0 aromatic heterocycles. The summed E-state index contributed by atoms with van der Waals surface area (Å²) in [6, 6.07) is 7.23. The predicted molar refractivity (Wildman–Crippen MR) is 92.7 cm³/mol. The Morgan fingerprint density at radius 3 is 2.50 bits per heavy atom. The van der Waals surface area contributed by atoms with E-state index in [1.54, 1.807) is 6.07 Å². The van der Waals surface area contributed by atoms with Crippen LogP contribution in [0.1, 0.15) is 11.1 Å². The molecule has 0 saturated carbocycles. The minimum absolute atomic E-state index is 0.0214. The van der Waals surface area contributed by atoms with Gasteiger partial charge in [0.25, 0.3) is 0 Å². The first-order valence-corrected chi connectivity index (χ1v) is 7.72. The molecule has 2 aromatic rings. The number of fused-ring (bicyclic) bond motifs is 1. The first-order valence-electron chi connectivity index (χ1n) is 7.72. The van der Waals surface area contributed by atoms with Crippen molar-refractivity contribution in [3.63, 3.8) is 0 Å². The van der Waals surface area contributed by atoms with Crippen LogP contribution in [0.2, 0.25) is 0 Å². The van der Waals surface area contributed by atoms with E-state index in [1.165, 1.54) is 0 Å². The highest BCUT2D eigenvalue weighted by Crippen LogP contribution is 2.39. The van der Waals surface area contributed by atoms with Crippen molar-refractivity contribution in [2.45, 2.75) is 12.8 Å². The number of aliphatic hydroxyl groups excluding tert-OH is 2. The third-order valence-corrected chi connectivity index (χ3v) is 3.98. The average molecular weight is 331 g/mol. The highest BCUT2D eigenvalue weighted by atomic mass is 16.7. The number of rotatable bonds is 6. The molecule has 128 valence electrons. The van der Waals surface area contributed by atoms with Crippen molar-refractivity contribution in [2.24, 2.45) is 0 Å². The molecule has 0 bridgehead atoms. The lowest BCUT2D eigenvalue weighted by Crippen LogP contribution is -2.10. The largest absolute Gasteiger partial charge is 0.454 e. The molecule has 0 aliphatic carbocycles. The third kappa shape index (κ3) is 3.04. The molecule has 7 nitrogen and oxygen atoms in total. The van der Waals surface area contributed by atoms with Gasteiger partial charge in [-0.05, 0) is 36.6 Å². The normalized spacial score (nSPS) is 12.4. The van der Waals surface area contributed by atoms with Crippen molar-refractivity contribution < 1.29 is 19.7 Å². The number of aliphatic hydroxyl groups is 2. The molecule has 0 radical (unpaired) electrons. The van der Waals surface area contributed by atoms with E-state index in [0.717, 1.165) is 16.8 Å². The number of anilines is 4. The van der Waals surface area contributed by atoms with Crippen LogP contribution in [-0.4, -0.2) is 30.2 Å². The number of hydrogen-bond acceptors (Lipinski definition) is 7. The fourth-order valence-electron chi connectivity index (χ4n) is 2.79. The maximum Gasteiger partial charge on any atom is 0.231 e. The van der Waals surface area contributed by atoms with Gasteiger partial charge in [0.2, 0.25) is 6.79 Å². The van der Waals surface area contributed by atoms with Gasteiger partial charge in [-0.1, -0.05) is 0 Å². The van der Waals surface area contributed by atoms with Gasteiger partial charge in [0.1, 0.15) is 0 Å². The Balaban J connectivity index is 2.01. The fraction of sp³-hybridized carbons (Fsp3) is 0.294. The van der Waals surface area contributed by atoms with Gasteiger partial charge in [0.15, 0.2) is 11.5 Å². The maximum atomic E-state index is 9.32. The summed E-state index contributed by atoms with van der Waals surface area (Å²) in [7, 11) is 0. The van der Waals surface area contributed by atoms with E-state index in [1.807, 2.05) is 18.2 Å². The Labute approximate surface area is 139 Å². The number of ether oxygens (including phenoxy) is 2. The Kier molecular flexibility index (Phi) is 4.64. The molecule has 0 saturated heterocycles. The van der Waals surface area contributed by atoms with Crippen LogP contribution >= 0.6 is 0 Å². The van der Waals surface area contributed by atoms with Gasteiger partial charge in [-0.3, -0.25) is 0 Å². The molecule has 1 aliphatic heterocycles. The summed E-state index contributed by atoms with van der Waals surface area (Å²) in [4.78, 5) is 0. The quantitative estimate of drug-likeness (QED) is 0.507. The molecule has 0 unspecified atom stereocenters. The first kappa shape index (κ1) is 16.2. The van der Waals surface area contributed by atoms with E-state index >= 15 is 0 Å². The number of benzene rings is 2. The number of nitrogens with two attached hydrogens (primary N) is 2. The van der Waals surface area contributed by atoms with Crippen LogP contribution in [0.25, 0.3) is 0 Å². The summed E-state index contributed by atoms with van der Waals surface area (Å²) in [5.41, 5.74) is 16.3.